The summed E-state index contributed by atoms with van der Waals surface area (Å²) in [7, 11) is 0. The predicted octanol–water partition coefficient (Wildman–Crippen LogP) is 3.17. The molecule has 132 valence electrons. The number of benzene rings is 1. The topological polar surface area (TPSA) is 58.1 Å². The molecule has 1 atom stereocenters. The molecule has 0 unspecified atom stereocenters. The van der Waals surface area contributed by atoms with Gasteiger partial charge in [-0.1, -0.05) is 6.07 Å². The van der Waals surface area contributed by atoms with Gasteiger partial charge in [0.05, 0.1) is 6.20 Å². The van der Waals surface area contributed by atoms with Crippen molar-refractivity contribution in [3.05, 3.63) is 54.0 Å². The van der Waals surface area contributed by atoms with Gasteiger partial charge in [0.15, 0.2) is 5.82 Å². The Hall–Kier alpha value is -2.41. The van der Waals surface area contributed by atoms with E-state index >= 15 is 0 Å². The van der Waals surface area contributed by atoms with Crippen LogP contribution < -0.4 is 5.32 Å². The SMILES string of the molecule is C[C@@H](c1ccc(F)cc1F)N1CCC(C(=O)Nc2cnccn2)CC1. The number of carbonyl (C=O) groups excluding carboxylic acids is 1. The lowest BCUT2D eigenvalue weighted by molar-refractivity contribution is -0.121. The molecular weight excluding hydrogens is 326 g/mol. The third-order valence-electron chi connectivity index (χ3n) is 4.68. The molecule has 0 aliphatic carbocycles. The molecule has 2 aromatic rings. The van der Waals surface area contributed by atoms with Gasteiger partial charge < -0.3 is 5.32 Å². The average Bonchev–Trinajstić information content (AvgIpc) is 2.62. The third-order valence-corrected chi connectivity index (χ3v) is 4.68. The van der Waals surface area contributed by atoms with Gasteiger partial charge in [-0.15, -0.1) is 0 Å². The molecule has 25 heavy (non-hydrogen) atoms. The predicted molar refractivity (Wildman–Crippen MR) is 89.7 cm³/mol. The Morgan fingerprint density at radius 2 is 2.04 bits per heavy atom. The van der Waals surface area contributed by atoms with Crippen molar-refractivity contribution in [2.75, 3.05) is 18.4 Å². The van der Waals surface area contributed by atoms with Crippen molar-refractivity contribution in [2.24, 2.45) is 5.92 Å². The number of likely N-dealkylation sites (tertiary alicyclic amines) is 1. The van der Waals surface area contributed by atoms with Crippen LogP contribution in [-0.4, -0.2) is 33.9 Å². The normalized spacial score (nSPS) is 17.2. The van der Waals surface area contributed by atoms with Crippen LogP contribution in [0, 0.1) is 17.6 Å². The van der Waals surface area contributed by atoms with E-state index in [0.717, 1.165) is 6.07 Å². The first-order chi connectivity index (χ1) is 12.0. The van der Waals surface area contributed by atoms with E-state index in [0.29, 0.717) is 37.3 Å². The standard InChI is InChI=1S/C18H20F2N4O/c1-12(15-3-2-14(19)10-16(15)20)24-8-4-13(5-9-24)18(25)23-17-11-21-6-7-22-17/h2-3,6-7,10-13H,4-5,8-9H2,1H3,(H,22,23,25)/t12-/m0/s1. The van der Waals surface area contributed by atoms with Crippen LogP contribution in [-0.2, 0) is 4.79 Å². The Balaban J connectivity index is 1.57. The number of anilines is 1. The summed E-state index contributed by atoms with van der Waals surface area (Å²) in [5, 5.41) is 2.77. The fourth-order valence-corrected chi connectivity index (χ4v) is 3.18. The number of rotatable bonds is 4. The minimum Gasteiger partial charge on any atom is -0.309 e. The average molecular weight is 346 g/mol. The van der Waals surface area contributed by atoms with Crippen LogP contribution in [0.5, 0.6) is 0 Å². The fourth-order valence-electron chi connectivity index (χ4n) is 3.18. The maximum atomic E-state index is 14.0. The lowest BCUT2D eigenvalue weighted by atomic mass is 9.93. The molecule has 1 fully saturated rings. The molecular formula is C18H20F2N4O. The summed E-state index contributed by atoms with van der Waals surface area (Å²) in [6, 6.07) is 3.51. The summed E-state index contributed by atoms with van der Waals surface area (Å²) in [4.78, 5) is 22.4. The van der Waals surface area contributed by atoms with Gasteiger partial charge in [0, 0.05) is 36.0 Å². The molecule has 1 aliphatic rings. The van der Waals surface area contributed by atoms with E-state index < -0.39 is 11.6 Å². The Labute approximate surface area is 145 Å². The van der Waals surface area contributed by atoms with Gasteiger partial charge in [0.1, 0.15) is 11.6 Å². The quantitative estimate of drug-likeness (QED) is 0.924. The van der Waals surface area contributed by atoms with Crippen molar-refractivity contribution >= 4 is 11.7 Å². The van der Waals surface area contributed by atoms with Crippen LogP contribution >= 0.6 is 0 Å². The number of nitrogens with one attached hydrogen (secondary N) is 1. The highest BCUT2D eigenvalue weighted by Crippen LogP contribution is 2.28. The zero-order valence-electron chi connectivity index (χ0n) is 14.0. The molecule has 3 rings (SSSR count). The first-order valence-electron chi connectivity index (χ1n) is 8.30. The second-order valence-electron chi connectivity index (χ2n) is 6.23. The summed E-state index contributed by atoms with van der Waals surface area (Å²) in [6.07, 6.45) is 5.94. The number of piperidine rings is 1. The highest BCUT2D eigenvalue weighted by atomic mass is 19.1. The van der Waals surface area contributed by atoms with Crippen LogP contribution in [0.15, 0.2) is 36.8 Å². The monoisotopic (exact) mass is 346 g/mol. The first-order valence-corrected chi connectivity index (χ1v) is 8.30. The lowest BCUT2D eigenvalue weighted by Crippen LogP contribution is -2.39. The van der Waals surface area contributed by atoms with Gasteiger partial charge in [0.25, 0.3) is 0 Å². The molecule has 1 amide bonds. The molecule has 0 spiro atoms. The summed E-state index contributed by atoms with van der Waals surface area (Å²) < 4.78 is 27.0. The summed E-state index contributed by atoms with van der Waals surface area (Å²) >= 11 is 0. The van der Waals surface area contributed by atoms with E-state index in [9.17, 15) is 13.6 Å². The van der Waals surface area contributed by atoms with Crippen LogP contribution in [0.3, 0.4) is 0 Å². The van der Waals surface area contributed by atoms with Crippen LogP contribution in [0.2, 0.25) is 0 Å². The van der Waals surface area contributed by atoms with Crippen molar-refractivity contribution in [3.8, 4) is 0 Å². The largest absolute Gasteiger partial charge is 0.309 e. The Kier molecular flexibility index (Phi) is 5.33. The number of amides is 1. The maximum Gasteiger partial charge on any atom is 0.228 e. The zero-order chi connectivity index (χ0) is 17.8. The van der Waals surface area contributed by atoms with Gasteiger partial charge in [-0.25, -0.2) is 13.8 Å². The Morgan fingerprint density at radius 1 is 1.28 bits per heavy atom. The van der Waals surface area contributed by atoms with Crippen LogP contribution in [0.25, 0.3) is 0 Å². The van der Waals surface area contributed by atoms with E-state index in [1.54, 1.807) is 6.20 Å². The molecule has 5 nitrogen and oxygen atoms in total. The molecule has 1 saturated heterocycles. The number of halogens is 2. The van der Waals surface area contributed by atoms with E-state index in [1.165, 1.54) is 24.5 Å². The van der Waals surface area contributed by atoms with Crippen molar-refractivity contribution < 1.29 is 13.6 Å². The highest BCUT2D eigenvalue weighted by Gasteiger charge is 2.28. The Morgan fingerprint density at radius 3 is 2.68 bits per heavy atom. The van der Waals surface area contributed by atoms with E-state index in [4.69, 9.17) is 0 Å². The van der Waals surface area contributed by atoms with E-state index in [1.807, 2.05) is 6.92 Å². The number of carbonyl (C=O) groups is 1. The molecule has 0 radical (unpaired) electrons. The molecule has 1 aromatic heterocycles. The summed E-state index contributed by atoms with van der Waals surface area (Å²) in [5.74, 6) is -0.844. The van der Waals surface area contributed by atoms with Crippen molar-refractivity contribution in [2.45, 2.75) is 25.8 Å². The van der Waals surface area contributed by atoms with Crippen LogP contribution in [0.1, 0.15) is 31.4 Å². The van der Waals surface area contributed by atoms with Crippen LogP contribution in [0.4, 0.5) is 14.6 Å². The zero-order valence-corrected chi connectivity index (χ0v) is 14.0. The summed E-state index contributed by atoms with van der Waals surface area (Å²) in [5.41, 5.74) is 0.476. The molecule has 0 saturated carbocycles. The number of hydrogen-bond donors (Lipinski definition) is 1. The maximum absolute atomic E-state index is 14.0. The molecule has 1 aromatic carbocycles. The summed E-state index contributed by atoms with van der Waals surface area (Å²) in [6.45, 7) is 3.25. The molecule has 1 aliphatic heterocycles. The number of aromatic nitrogens is 2. The fraction of sp³-hybridized carbons (Fsp3) is 0.389. The van der Waals surface area contributed by atoms with E-state index in [-0.39, 0.29) is 17.9 Å². The smallest absolute Gasteiger partial charge is 0.228 e. The number of nitrogens with zero attached hydrogens (tertiary/aromatic N) is 3. The molecule has 2 heterocycles. The molecule has 7 heteroatoms. The second-order valence-corrected chi connectivity index (χ2v) is 6.23. The van der Waals surface area contributed by atoms with Gasteiger partial charge in [-0.05, 0) is 38.9 Å². The molecule has 1 N–H and O–H groups in total. The van der Waals surface area contributed by atoms with Crippen molar-refractivity contribution in [1.29, 1.82) is 0 Å². The second kappa shape index (κ2) is 7.65. The number of hydrogen-bond acceptors (Lipinski definition) is 4. The Bertz CT molecular complexity index is 733. The first kappa shape index (κ1) is 17.4. The van der Waals surface area contributed by atoms with Gasteiger partial charge in [0.2, 0.25) is 5.91 Å². The van der Waals surface area contributed by atoms with Crippen molar-refractivity contribution in [3.63, 3.8) is 0 Å². The highest BCUT2D eigenvalue weighted by molar-refractivity contribution is 5.91. The van der Waals surface area contributed by atoms with Crippen molar-refractivity contribution in [1.82, 2.24) is 14.9 Å². The molecule has 0 bridgehead atoms. The third kappa shape index (κ3) is 4.17. The minimum atomic E-state index is -0.576. The van der Waals surface area contributed by atoms with Gasteiger partial charge in [-0.3, -0.25) is 14.7 Å². The lowest BCUT2D eigenvalue weighted by Gasteiger charge is -2.35. The van der Waals surface area contributed by atoms with Gasteiger partial charge >= 0.3 is 0 Å². The van der Waals surface area contributed by atoms with Gasteiger partial charge in [-0.2, -0.15) is 0 Å². The van der Waals surface area contributed by atoms with E-state index in [2.05, 4.69) is 20.2 Å². The minimum absolute atomic E-state index is 0.0687.